The first-order valence-corrected chi connectivity index (χ1v) is 7.53. The Balaban J connectivity index is 1.85. The van der Waals surface area contributed by atoms with Crippen LogP contribution >= 0.6 is 0 Å². The van der Waals surface area contributed by atoms with Crippen molar-refractivity contribution in [1.82, 2.24) is 25.0 Å². The molecule has 0 aliphatic carbocycles. The van der Waals surface area contributed by atoms with Gasteiger partial charge in [-0.1, -0.05) is 0 Å². The van der Waals surface area contributed by atoms with Crippen LogP contribution in [0.25, 0.3) is 0 Å². The largest absolute Gasteiger partial charge is 0.381 e. The third kappa shape index (κ3) is 3.93. The lowest BCUT2D eigenvalue weighted by Crippen LogP contribution is -2.40. The summed E-state index contributed by atoms with van der Waals surface area (Å²) in [5, 5.41) is 11.6. The van der Waals surface area contributed by atoms with Crippen LogP contribution in [0.2, 0.25) is 0 Å². The molecule has 1 aromatic rings. The van der Waals surface area contributed by atoms with Crippen molar-refractivity contribution in [2.75, 3.05) is 33.4 Å². The smallest absolute Gasteiger partial charge is 0.194 e. The summed E-state index contributed by atoms with van der Waals surface area (Å²) in [4.78, 5) is 6.65. The minimum Gasteiger partial charge on any atom is -0.381 e. The van der Waals surface area contributed by atoms with Crippen LogP contribution < -0.4 is 5.32 Å². The topological polar surface area (TPSA) is 67.6 Å². The van der Waals surface area contributed by atoms with E-state index in [0.717, 1.165) is 50.3 Å². The normalized spacial score (nSPS) is 19.3. The Morgan fingerprint density at radius 3 is 2.90 bits per heavy atom. The molecule has 1 aromatic heterocycles. The molecule has 0 spiro atoms. The van der Waals surface area contributed by atoms with Crippen LogP contribution in [0.4, 0.5) is 0 Å². The van der Waals surface area contributed by atoms with E-state index in [0.29, 0.717) is 12.5 Å². The van der Waals surface area contributed by atoms with E-state index in [4.69, 9.17) is 4.74 Å². The van der Waals surface area contributed by atoms with E-state index in [1.165, 1.54) is 0 Å². The molecule has 1 unspecified atom stereocenters. The highest BCUT2D eigenvalue weighted by atomic mass is 16.5. The monoisotopic (exact) mass is 294 g/mol. The SMILES string of the molecule is CCOCC1CCN(C(=NC)NCc2nnc(C)n2C)C1. The lowest BCUT2D eigenvalue weighted by atomic mass is 10.1. The van der Waals surface area contributed by atoms with E-state index in [1.807, 2.05) is 32.5 Å². The molecular weight excluding hydrogens is 268 g/mol. The Bertz CT molecular complexity index is 484. The summed E-state index contributed by atoms with van der Waals surface area (Å²) in [7, 11) is 3.79. The van der Waals surface area contributed by atoms with Crippen molar-refractivity contribution in [2.45, 2.75) is 26.8 Å². The number of nitrogens with one attached hydrogen (secondary N) is 1. The molecule has 1 saturated heterocycles. The van der Waals surface area contributed by atoms with Gasteiger partial charge in [-0.2, -0.15) is 0 Å². The second-order valence-corrected chi connectivity index (χ2v) is 5.38. The average molecular weight is 294 g/mol. The zero-order valence-corrected chi connectivity index (χ0v) is 13.5. The lowest BCUT2D eigenvalue weighted by Gasteiger charge is -2.21. The quantitative estimate of drug-likeness (QED) is 0.635. The van der Waals surface area contributed by atoms with Gasteiger partial charge in [0.15, 0.2) is 11.8 Å². The van der Waals surface area contributed by atoms with E-state index >= 15 is 0 Å². The van der Waals surface area contributed by atoms with E-state index in [9.17, 15) is 0 Å². The summed E-state index contributed by atoms with van der Waals surface area (Å²) in [6.45, 7) is 8.27. The molecule has 1 aliphatic rings. The standard InChI is InChI=1S/C14H26N6O/c1-5-21-10-12-6-7-20(9-12)14(15-3)16-8-13-18-17-11(2)19(13)4/h12H,5-10H2,1-4H3,(H,15,16). The Hall–Kier alpha value is -1.63. The molecule has 1 N–H and O–H groups in total. The molecule has 1 fully saturated rings. The number of ether oxygens (including phenoxy) is 1. The Kier molecular flexibility index (Phi) is 5.55. The maximum Gasteiger partial charge on any atom is 0.194 e. The molecule has 21 heavy (non-hydrogen) atoms. The fraction of sp³-hybridized carbons (Fsp3) is 0.786. The highest BCUT2D eigenvalue weighted by Gasteiger charge is 2.25. The molecule has 0 bridgehead atoms. The zero-order valence-electron chi connectivity index (χ0n) is 13.5. The van der Waals surface area contributed by atoms with Crippen LogP contribution in [0.1, 0.15) is 25.0 Å². The van der Waals surface area contributed by atoms with Gasteiger partial charge in [-0.15, -0.1) is 10.2 Å². The van der Waals surface area contributed by atoms with Gasteiger partial charge in [0.2, 0.25) is 0 Å². The highest BCUT2D eigenvalue weighted by molar-refractivity contribution is 5.80. The number of likely N-dealkylation sites (tertiary alicyclic amines) is 1. The summed E-state index contributed by atoms with van der Waals surface area (Å²) in [5.41, 5.74) is 0. The Labute approximate surface area is 126 Å². The maximum atomic E-state index is 5.52. The Morgan fingerprint density at radius 2 is 2.29 bits per heavy atom. The van der Waals surface area contributed by atoms with Crippen LogP contribution in [0.3, 0.4) is 0 Å². The van der Waals surface area contributed by atoms with Gasteiger partial charge in [0.25, 0.3) is 0 Å². The fourth-order valence-electron chi connectivity index (χ4n) is 2.54. The molecule has 2 heterocycles. The molecule has 7 heteroatoms. The first-order chi connectivity index (χ1) is 10.2. The molecule has 2 rings (SSSR count). The first kappa shape index (κ1) is 15.8. The van der Waals surface area contributed by atoms with E-state index < -0.39 is 0 Å². The molecule has 0 saturated carbocycles. The zero-order chi connectivity index (χ0) is 15.2. The molecule has 0 radical (unpaired) electrons. The van der Waals surface area contributed by atoms with Crippen molar-refractivity contribution >= 4 is 5.96 Å². The second-order valence-electron chi connectivity index (χ2n) is 5.38. The average Bonchev–Trinajstić information content (AvgIpc) is 3.07. The summed E-state index contributed by atoms with van der Waals surface area (Å²) < 4.78 is 7.51. The van der Waals surface area contributed by atoms with Gasteiger partial charge >= 0.3 is 0 Å². The van der Waals surface area contributed by atoms with Gasteiger partial charge in [0.1, 0.15) is 5.82 Å². The van der Waals surface area contributed by atoms with E-state index in [1.54, 1.807) is 0 Å². The molecule has 1 aliphatic heterocycles. The second kappa shape index (κ2) is 7.40. The third-order valence-corrected chi connectivity index (χ3v) is 3.94. The van der Waals surface area contributed by atoms with Crippen molar-refractivity contribution in [2.24, 2.45) is 18.0 Å². The maximum absolute atomic E-state index is 5.52. The van der Waals surface area contributed by atoms with Gasteiger partial charge < -0.3 is 19.5 Å². The number of aryl methyl sites for hydroxylation is 1. The summed E-state index contributed by atoms with van der Waals surface area (Å²) in [6, 6.07) is 0. The van der Waals surface area contributed by atoms with Gasteiger partial charge in [-0.3, -0.25) is 4.99 Å². The Morgan fingerprint density at radius 1 is 1.48 bits per heavy atom. The first-order valence-electron chi connectivity index (χ1n) is 7.53. The molecule has 0 aromatic carbocycles. The number of guanidine groups is 1. The van der Waals surface area contributed by atoms with Crippen molar-refractivity contribution in [3.05, 3.63) is 11.6 Å². The minimum atomic E-state index is 0.598. The molecule has 0 amide bonds. The highest BCUT2D eigenvalue weighted by Crippen LogP contribution is 2.16. The number of nitrogens with zero attached hydrogens (tertiary/aromatic N) is 5. The summed E-state index contributed by atoms with van der Waals surface area (Å²) >= 11 is 0. The minimum absolute atomic E-state index is 0.598. The van der Waals surface area contributed by atoms with E-state index in [2.05, 4.69) is 25.4 Å². The lowest BCUT2D eigenvalue weighted by molar-refractivity contribution is 0.114. The summed E-state index contributed by atoms with van der Waals surface area (Å²) in [6.07, 6.45) is 1.16. The third-order valence-electron chi connectivity index (χ3n) is 3.94. The van der Waals surface area contributed by atoms with Crippen molar-refractivity contribution in [3.63, 3.8) is 0 Å². The predicted molar refractivity (Wildman–Crippen MR) is 82.1 cm³/mol. The fourth-order valence-corrected chi connectivity index (χ4v) is 2.54. The van der Waals surface area contributed by atoms with E-state index in [-0.39, 0.29) is 0 Å². The summed E-state index contributed by atoms with van der Waals surface area (Å²) in [5.74, 6) is 3.36. The number of aromatic nitrogens is 3. The van der Waals surface area contributed by atoms with Crippen LogP contribution in [0, 0.1) is 12.8 Å². The van der Waals surface area contributed by atoms with Crippen molar-refractivity contribution in [3.8, 4) is 0 Å². The number of aliphatic imine (C=N–C) groups is 1. The van der Waals surface area contributed by atoms with Gasteiger partial charge in [-0.05, 0) is 20.3 Å². The molecule has 118 valence electrons. The number of hydrogen-bond acceptors (Lipinski definition) is 4. The van der Waals surface area contributed by atoms with Gasteiger partial charge in [0.05, 0.1) is 13.2 Å². The number of rotatable bonds is 5. The van der Waals surface area contributed by atoms with Crippen molar-refractivity contribution < 1.29 is 4.74 Å². The van der Waals surface area contributed by atoms with Crippen LogP contribution in [-0.4, -0.2) is 59.0 Å². The van der Waals surface area contributed by atoms with Crippen LogP contribution in [0.5, 0.6) is 0 Å². The van der Waals surface area contributed by atoms with Gasteiger partial charge in [0, 0.05) is 39.7 Å². The van der Waals surface area contributed by atoms with Crippen LogP contribution in [0.15, 0.2) is 4.99 Å². The predicted octanol–water partition coefficient (Wildman–Crippen LogP) is 0.557. The van der Waals surface area contributed by atoms with Crippen molar-refractivity contribution in [1.29, 1.82) is 0 Å². The number of hydrogen-bond donors (Lipinski definition) is 1. The van der Waals surface area contributed by atoms with Gasteiger partial charge in [-0.25, -0.2) is 0 Å². The molecular formula is C14H26N6O. The molecule has 7 nitrogen and oxygen atoms in total. The van der Waals surface area contributed by atoms with Crippen LogP contribution in [-0.2, 0) is 18.3 Å². The molecule has 1 atom stereocenters.